The number of aliphatic hydroxyl groups excluding tert-OH is 1. The Morgan fingerprint density at radius 3 is 2.76 bits per heavy atom. The zero-order valence-corrected chi connectivity index (χ0v) is 12.1. The lowest BCUT2D eigenvalue weighted by molar-refractivity contribution is 0.139. The summed E-state index contributed by atoms with van der Waals surface area (Å²) < 4.78 is 7.74. The molecule has 0 radical (unpaired) electrons. The van der Waals surface area contributed by atoms with E-state index >= 15 is 0 Å². The summed E-state index contributed by atoms with van der Waals surface area (Å²) in [5, 5.41) is 17.3. The number of rotatable bonds is 7. The molecule has 0 aliphatic carbocycles. The van der Waals surface area contributed by atoms with Crippen LogP contribution in [-0.4, -0.2) is 47.8 Å². The molecule has 98 valence electrons. The third-order valence-electron chi connectivity index (χ3n) is 2.54. The van der Waals surface area contributed by atoms with Gasteiger partial charge in [0.25, 0.3) is 0 Å². The fraction of sp³-hybridized carbons (Fsp3) is 0.727. The van der Waals surface area contributed by atoms with Gasteiger partial charge in [-0.05, 0) is 29.8 Å². The molecule has 1 atom stereocenters. The maximum Gasteiger partial charge on any atom is 0.0860 e. The molecule has 1 aromatic rings. The van der Waals surface area contributed by atoms with Crippen molar-refractivity contribution in [2.45, 2.75) is 26.5 Å². The number of nitrogens with zero attached hydrogens (tertiary/aromatic N) is 2. The van der Waals surface area contributed by atoms with Crippen LogP contribution in [0.25, 0.3) is 0 Å². The minimum atomic E-state index is -0.447. The van der Waals surface area contributed by atoms with Gasteiger partial charge in [0, 0.05) is 25.9 Å². The first-order valence-corrected chi connectivity index (χ1v) is 6.42. The maximum atomic E-state index is 9.85. The molecule has 0 spiro atoms. The summed E-state index contributed by atoms with van der Waals surface area (Å²) in [6, 6.07) is 0. The molecule has 0 aromatic carbocycles. The van der Waals surface area contributed by atoms with Gasteiger partial charge in [-0.25, -0.2) is 0 Å². The van der Waals surface area contributed by atoms with Crippen LogP contribution in [0.15, 0.2) is 4.47 Å². The molecule has 1 unspecified atom stereocenters. The van der Waals surface area contributed by atoms with E-state index in [4.69, 9.17) is 4.74 Å². The van der Waals surface area contributed by atoms with Gasteiger partial charge < -0.3 is 15.2 Å². The number of halogens is 1. The van der Waals surface area contributed by atoms with E-state index in [1.165, 1.54) is 0 Å². The first kappa shape index (κ1) is 14.6. The fourth-order valence-corrected chi connectivity index (χ4v) is 1.84. The summed E-state index contributed by atoms with van der Waals surface area (Å²) in [6.07, 6.45) is -0.447. The van der Waals surface area contributed by atoms with E-state index in [1.54, 1.807) is 7.11 Å². The molecule has 0 bridgehead atoms. The van der Waals surface area contributed by atoms with Crippen molar-refractivity contribution in [3.8, 4) is 0 Å². The van der Waals surface area contributed by atoms with Crippen LogP contribution >= 0.6 is 15.9 Å². The van der Waals surface area contributed by atoms with E-state index in [0.29, 0.717) is 19.7 Å². The van der Waals surface area contributed by atoms with Gasteiger partial charge in [0.1, 0.15) is 0 Å². The van der Waals surface area contributed by atoms with Gasteiger partial charge in [0.05, 0.1) is 29.4 Å². The van der Waals surface area contributed by atoms with Crippen molar-refractivity contribution < 1.29 is 9.84 Å². The molecule has 0 saturated carbocycles. The molecule has 2 N–H and O–H groups in total. The van der Waals surface area contributed by atoms with Gasteiger partial charge in [-0.1, -0.05) is 0 Å². The summed E-state index contributed by atoms with van der Waals surface area (Å²) >= 11 is 3.47. The minimum absolute atomic E-state index is 0.447. The lowest BCUT2D eigenvalue weighted by atomic mass is 10.3. The van der Waals surface area contributed by atoms with Crippen molar-refractivity contribution >= 4 is 15.9 Å². The Labute approximate surface area is 110 Å². The molecule has 5 nitrogen and oxygen atoms in total. The number of aryl methyl sites for hydroxylation is 1. The molecule has 17 heavy (non-hydrogen) atoms. The number of nitrogens with one attached hydrogen (secondary N) is 1. The largest absolute Gasteiger partial charge is 0.390 e. The van der Waals surface area contributed by atoms with Crippen molar-refractivity contribution in [3.63, 3.8) is 0 Å². The van der Waals surface area contributed by atoms with E-state index in [-0.39, 0.29) is 0 Å². The molecule has 1 aromatic heterocycles. The third kappa shape index (κ3) is 4.39. The second-order valence-corrected chi connectivity index (χ2v) is 4.81. The van der Waals surface area contributed by atoms with E-state index in [2.05, 4.69) is 26.3 Å². The van der Waals surface area contributed by atoms with Gasteiger partial charge in [-0.15, -0.1) is 0 Å². The van der Waals surface area contributed by atoms with E-state index in [1.807, 2.05) is 18.5 Å². The molecule has 1 rings (SSSR count). The molecule has 0 aliphatic heterocycles. The van der Waals surface area contributed by atoms with Crippen LogP contribution in [0.2, 0.25) is 0 Å². The first-order valence-electron chi connectivity index (χ1n) is 5.63. The second-order valence-electron chi connectivity index (χ2n) is 4.02. The summed E-state index contributed by atoms with van der Waals surface area (Å²) in [5.74, 6) is 0. The van der Waals surface area contributed by atoms with Crippen molar-refractivity contribution in [1.29, 1.82) is 0 Å². The Hall–Kier alpha value is -0.430. The fourth-order valence-electron chi connectivity index (χ4n) is 1.56. The molecule has 0 fully saturated rings. The number of hydrogen-bond acceptors (Lipinski definition) is 4. The number of aromatic nitrogens is 2. The number of ether oxygens (including phenoxy) is 1. The zero-order chi connectivity index (χ0) is 12.8. The topological polar surface area (TPSA) is 59.3 Å². The highest BCUT2D eigenvalue weighted by Crippen LogP contribution is 2.19. The normalized spacial score (nSPS) is 13.0. The molecule has 0 amide bonds. The Bertz CT molecular complexity index is 355. The van der Waals surface area contributed by atoms with Gasteiger partial charge in [0.2, 0.25) is 0 Å². The van der Waals surface area contributed by atoms with E-state index in [0.717, 1.165) is 22.4 Å². The maximum absolute atomic E-state index is 9.85. The van der Waals surface area contributed by atoms with Gasteiger partial charge in [-0.2, -0.15) is 5.10 Å². The lowest BCUT2D eigenvalue weighted by Crippen LogP contribution is -2.32. The molecule has 0 saturated heterocycles. The van der Waals surface area contributed by atoms with Gasteiger partial charge >= 0.3 is 0 Å². The highest BCUT2D eigenvalue weighted by Gasteiger charge is 2.12. The number of hydrogen-bond donors (Lipinski definition) is 2. The Morgan fingerprint density at radius 2 is 2.24 bits per heavy atom. The lowest BCUT2D eigenvalue weighted by Gasteiger charge is -2.12. The Kier molecular flexibility index (Phi) is 6.11. The Balaban J connectivity index is 2.39. The average molecular weight is 306 g/mol. The van der Waals surface area contributed by atoms with Crippen molar-refractivity contribution in [1.82, 2.24) is 15.1 Å². The van der Waals surface area contributed by atoms with Crippen LogP contribution in [-0.2, 0) is 11.3 Å². The van der Waals surface area contributed by atoms with Crippen molar-refractivity contribution in [3.05, 3.63) is 15.9 Å². The van der Waals surface area contributed by atoms with Crippen LogP contribution in [0.4, 0.5) is 0 Å². The third-order valence-corrected chi connectivity index (χ3v) is 3.69. The van der Waals surface area contributed by atoms with Crippen LogP contribution < -0.4 is 5.32 Å². The highest BCUT2D eigenvalue weighted by molar-refractivity contribution is 9.10. The number of aliphatic hydroxyl groups is 1. The van der Waals surface area contributed by atoms with Crippen LogP contribution in [0.1, 0.15) is 11.4 Å². The monoisotopic (exact) mass is 305 g/mol. The predicted octanol–water partition coefficient (Wildman–Crippen LogP) is 0.859. The van der Waals surface area contributed by atoms with Gasteiger partial charge in [-0.3, -0.25) is 4.68 Å². The molecular weight excluding hydrogens is 286 g/mol. The average Bonchev–Trinajstić information content (AvgIpc) is 2.53. The standard InChI is InChI=1S/C11H20BrN3O2/c1-8-11(12)9(2)15(14-8)7-10(16)6-13-4-5-17-3/h10,13,16H,4-7H2,1-3H3. The summed E-state index contributed by atoms with van der Waals surface area (Å²) in [5.41, 5.74) is 1.99. The summed E-state index contributed by atoms with van der Waals surface area (Å²) in [7, 11) is 1.66. The van der Waals surface area contributed by atoms with Crippen molar-refractivity contribution in [2.75, 3.05) is 26.8 Å². The quantitative estimate of drug-likeness (QED) is 0.734. The predicted molar refractivity (Wildman–Crippen MR) is 70.2 cm³/mol. The van der Waals surface area contributed by atoms with Gasteiger partial charge in [0.15, 0.2) is 0 Å². The van der Waals surface area contributed by atoms with Crippen LogP contribution in [0.3, 0.4) is 0 Å². The Morgan fingerprint density at radius 1 is 1.53 bits per heavy atom. The van der Waals surface area contributed by atoms with E-state index in [9.17, 15) is 5.11 Å². The van der Waals surface area contributed by atoms with Crippen molar-refractivity contribution in [2.24, 2.45) is 0 Å². The van der Waals surface area contributed by atoms with Crippen LogP contribution in [0.5, 0.6) is 0 Å². The molecule has 0 aliphatic rings. The zero-order valence-electron chi connectivity index (χ0n) is 10.5. The smallest absolute Gasteiger partial charge is 0.0860 e. The van der Waals surface area contributed by atoms with E-state index < -0.39 is 6.10 Å². The minimum Gasteiger partial charge on any atom is -0.390 e. The summed E-state index contributed by atoms with van der Waals surface area (Å²) in [4.78, 5) is 0. The number of methoxy groups -OCH3 is 1. The van der Waals surface area contributed by atoms with Crippen LogP contribution in [0, 0.1) is 13.8 Å². The first-order chi connectivity index (χ1) is 8.06. The highest BCUT2D eigenvalue weighted by atomic mass is 79.9. The SMILES string of the molecule is COCCNCC(O)Cn1nc(C)c(Br)c1C. The molecule has 1 heterocycles. The second kappa shape index (κ2) is 7.10. The molecule has 6 heteroatoms. The molecular formula is C11H20BrN3O2. The summed E-state index contributed by atoms with van der Waals surface area (Å²) in [6.45, 7) is 6.36.